The first kappa shape index (κ1) is 13.1. The minimum atomic E-state index is -0.922. The van der Waals surface area contributed by atoms with Gasteiger partial charge in [-0.1, -0.05) is 0 Å². The molecule has 1 fully saturated rings. The molecule has 20 heavy (non-hydrogen) atoms. The van der Waals surface area contributed by atoms with Crippen molar-refractivity contribution in [3.05, 3.63) is 29.3 Å². The quantitative estimate of drug-likeness (QED) is 0.855. The molecular formula is C15H18N2O3. The lowest BCUT2D eigenvalue weighted by Gasteiger charge is -2.31. The third-order valence-electron chi connectivity index (χ3n) is 4.07. The standard InChI is InChI=1S/C15H18N2O3/c18-14(12-4-1-7-16-12)17-8-2-3-10-9-11(15(19)20)5-6-13(10)17/h5-6,9,12,16H,1-4,7-8H2,(H,19,20)/t12-/m1/s1. The summed E-state index contributed by atoms with van der Waals surface area (Å²) in [6.07, 6.45) is 3.64. The average molecular weight is 274 g/mol. The molecule has 0 radical (unpaired) electrons. The lowest BCUT2D eigenvalue weighted by atomic mass is 9.98. The van der Waals surface area contributed by atoms with E-state index >= 15 is 0 Å². The lowest BCUT2D eigenvalue weighted by molar-refractivity contribution is -0.120. The predicted molar refractivity (Wildman–Crippen MR) is 75.1 cm³/mol. The number of hydrogen-bond acceptors (Lipinski definition) is 3. The Bertz CT molecular complexity index is 550. The molecule has 106 valence electrons. The van der Waals surface area contributed by atoms with Crippen molar-refractivity contribution in [2.75, 3.05) is 18.0 Å². The van der Waals surface area contributed by atoms with Crippen LogP contribution in [0.5, 0.6) is 0 Å². The Kier molecular flexibility index (Phi) is 3.44. The summed E-state index contributed by atoms with van der Waals surface area (Å²) in [5, 5.41) is 12.3. The Morgan fingerprint density at radius 2 is 2.15 bits per heavy atom. The first-order valence-corrected chi connectivity index (χ1v) is 7.08. The van der Waals surface area contributed by atoms with E-state index in [2.05, 4.69) is 5.32 Å². The summed E-state index contributed by atoms with van der Waals surface area (Å²) in [6, 6.07) is 4.96. The molecule has 2 heterocycles. The molecule has 1 atom stereocenters. The van der Waals surface area contributed by atoms with Gasteiger partial charge in [0.05, 0.1) is 11.6 Å². The third-order valence-corrected chi connectivity index (χ3v) is 4.07. The SMILES string of the molecule is O=C(O)c1ccc2c(c1)CCCN2C(=O)[C@H]1CCCN1. The minimum absolute atomic E-state index is 0.0832. The zero-order valence-electron chi connectivity index (χ0n) is 11.3. The van der Waals surface area contributed by atoms with Gasteiger partial charge >= 0.3 is 5.97 Å². The van der Waals surface area contributed by atoms with Gasteiger partial charge in [0, 0.05) is 12.2 Å². The Morgan fingerprint density at radius 1 is 1.30 bits per heavy atom. The molecular weight excluding hydrogens is 256 g/mol. The number of hydrogen-bond donors (Lipinski definition) is 2. The average Bonchev–Trinajstić information content (AvgIpc) is 2.99. The van der Waals surface area contributed by atoms with E-state index in [-0.39, 0.29) is 17.5 Å². The molecule has 5 heteroatoms. The molecule has 0 spiro atoms. The van der Waals surface area contributed by atoms with Crippen LogP contribution in [0.25, 0.3) is 0 Å². The van der Waals surface area contributed by atoms with Gasteiger partial charge in [-0.2, -0.15) is 0 Å². The number of carboxylic acids is 1. The number of fused-ring (bicyclic) bond motifs is 1. The van der Waals surface area contributed by atoms with E-state index in [0.29, 0.717) is 0 Å². The highest BCUT2D eigenvalue weighted by atomic mass is 16.4. The van der Waals surface area contributed by atoms with Gasteiger partial charge in [0.25, 0.3) is 0 Å². The number of carbonyl (C=O) groups excluding carboxylic acids is 1. The summed E-state index contributed by atoms with van der Waals surface area (Å²) >= 11 is 0. The fraction of sp³-hybridized carbons (Fsp3) is 0.467. The molecule has 1 aromatic rings. The van der Waals surface area contributed by atoms with Gasteiger partial charge < -0.3 is 15.3 Å². The molecule has 1 amide bonds. The number of aromatic carboxylic acids is 1. The summed E-state index contributed by atoms with van der Waals surface area (Å²) in [5.74, 6) is -0.805. The van der Waals surface area contributed by atoms with Crippen LogP contribution in [0, 0.1) is 0 Å². The number of nitrogens with one attached hydrogen (secondary N) is 1. The second-order valence-corrected chi connectivity index (χ2v) is 5.39. The molecule has 0 aliphatic carbocycles. The maximum atomic E-state index is 12.5. The predicted octanol–water partition coefficient (Wildman–Crippen LogP) is 1.42. The van der Waals surface area contributed by atoms with Gasteiger partial charge in [0.1, 0.15) is 0 Å². The molecule has 2 N–H and O–H groups in total. The zero-order chi connectivity index (χ0) is 14.1. The summed E-state index contributed by atoms with van der Waals surface area (Å²) in [7, 11) is 0. The van der Waals surface area contributed by atoms with E-state index < -0.39 is 5.97 Å². The van der Waals surface area contributed by atoms with Crippen LogP contribution in [0.4, 0.5) is 5.69 Å². The highest BCUT2D eigenvalue weighted by Gasteiger charge is 2.30. The number of aryl methyl sites for hydroxylation is 1. The van der Waals surface area contributed by atoms with E-state index in [1.165, 1.54) is 0 Å². The normalized spacial score (nSPS) is 21.6. The molecule has 0 saturated carbocycles. The second-order valence-electron chi connectivity index (χ2n) is 5.39. The highest BCUT2D eigenvalue weighted by Crippen LogP contribution is 2.29. The number of amides is 1. The van der Waals surface area contributed by atoms with Crippen molar-refractivity contribution in [3.8, 4) is 0 Å². The van der Waals surface area contributed by atoms with Crippen LogP contribution >= 0.6 is 0 Å². The molecule has 1 saturated heterocycles. The number of carboxylic acid groups (broad SMARTS) is 1. The van der Waals surface area contributed by atoms with Crippen molar-refractivity contribution < 1.29 is 14.7 Å². The van der Waals surface area contributed by atoms with Crippen molar-refractivity contribution in [1.29, 1.82) is 0 Å². The Morgan fingerprint density at radius 3 is 2.85 bits per heavy atom. The summed E-state index contributed by atoms with van der Waals surface area (Å²) in [5.41, 5.74) is 2.12. The van der Waals surface area contributed by atoms with Gasteiger partial charge in [-0.05, 0) is 56.0 Å². The van der Waals surface area contributed by atoms with Crippen LogP contribution in [0.2, 0.25) is 0 Å². The van der Waals surface area contributed by atoms with Gasteiger partial charge in [0.2, 0.25) is 5.91 Å². The second kappa shape index (κ2) is 5.25. The number of carbonyl (C=O) groups is 2. The maximum absolute atomic E-state index is 12.5. The van der Waals surface area contributed by atoms with Crippen molar-refractivity contribution in [2.45, 2.75) is 31.7 Å². The van der Waals surface area contributed by atoms with E-state index in [9.17, 15) is 9.59 Å². The Labute approximate surface area is 117 Å². The first-order valence-electron chi connectivity index (χ1n) is 7.08. The number of rotatable bonds is 2. The first-order chi connectivity index (χ1) is 9.66. The molecule has 5 nitrogen and oxygen atoms in total. The monoisotopic (exact) mass is 274 g/mol. The van der Waals surface area contributed by atoms with Gasteiger partial charge in [-0.25, -0.2) is 4.79 Å². The third kappa shape index (κ3) is 2.29. The van der Waals surface area contributed by atoms with Gasteiger partial charge in [-0.3, -0.25) is 4.79 Å². The molecule has 3 rings (SSSR count). The van der Waals surface area contributed by atoms with E-state index in [4.69, 9.17) is 5.11 Å². The summed E-state index contributed by atoms with van der Waals surface area (Å²) < 4.78 is 0. The zero-order valence-corrected chi connectivity index (χ0v) is 11.3. The van der Waals surface area contributed by atoms with Crippen LogP contribution in [0.15, 0.2) is 18.2 Å². The minimum Gasteiger partial charge on any atom is -0.478 e. The highest BCUT2D eigenvalue weighted by molar-refractivity contribution is 5.99. The summed E-state index contributed by atoms with van der Waals surface area (Å²) in [4.78, 5) is 25.4. The van der Waals surface area contributed by atoms with Crippen LogP contribution in [-0.2, 0) is 11.2 Å². The van der Waals surface area contributed by atoms with Crippen molar-refractivity contribution in [2.24, 2.45) is 0 Å². The number of anilines is 1. The van der Waals surface area contributed by atoms with Crippen molar-refractivity contribution in [1.82, 2.24) is 5.32 Å². The number of nitrogens with zero attached hydrogens (tertiary/aromatic N) is 1. The molecule has 1 aromatic carbocycles. The topological polar surface area (TPSA) is 69.6 Å². The van der Waals surface area contributed by atoms with Gasteiger partial charge in [-0.15, -0.1) is 0 Å². The molecule has 2 aliphatic heterocycles. The van der Waals surface area contributed by atoms with Crippen molar-refractivity contribution in [3.63, 3.8) is 0 Å². The molecule has 0 unspecified atom stereocenters. The van der Waals surface area contributed by atoms with E-state index in [1.807, 2.05) is 4.90 Å². The van der Waals surface area contributed by atoms with E-state index in [1.54, 1.807) is 18.2 Å². The smallest absolute Gasteiger partial charge is 0.335 e. The lowest BCUT2D eigenvalue weighted by Crippen LogP contribution is -2.45. The van der Waals surface area contributed by atoms with E-state index in [0.717, 1.165) is 50.0 Å². The maximum Gasteiger partial charge on any atom is 0.335 e. The summed E-state index contributed by atoms with van der Waals surface area (Å²) in [6.45, 7) is 1.62. The van der Waals surface area contributed by atoms with Crippen molar-refractivity contribution >= 4 is 17.6 Å². The van der Waals surface area contributed by atoms with Crippen LogP contribution in [0.1, 0.15) is 35.2 Å². The largest absolute Gasteiger partial charge is 0.478 e. The fourth-order valence-electron chi connectivity index (χ4n) is 3.04. The van der Waals surface area contributed by atoms with Crippen LogP contribution in [-0.4, -0.2) is 36.1 Å². The fourth-order valence-corrected chi connectivity index (χ4v) is 3.04. The Balaban J connectivity index is 1.89. The number of benzene rings is 1. The van der Waals surface area contributed by atoms with Crippen LogP contribution in [0.3, 0.4) is 0 Å². The molecule has 2 aliphatic rings. The van der Waals surface area contributed by atoms with Crippen LogP contribution < -0.4 is 10.2 Å². The van der Waals surface area contributed by atoms with Gasteiger partial charge in [0.15, 0.2) is 0 Å². The Hall–Kier alpha value is -1.88. The molecule has 0 bridgehead atoms. The molecule has 0 aromatic heterocycles.